The Labute approximate surface area is 275 Å². The maximum absolute atomic E-state index is 11.8. The molecule has 0 aliphatic heterocycles. The summed E-state index contributed by atoms with van der Waals surface area (Å²) in [6.45, 7) is 0. The number of carbonyl (C=O) groups excluding carboxylic acids is 2. The molecule has 43 heavy (non-hydrogen) atoms. The summed E-state index contributed by atoms with van der Waals surface area (Å²) < 4.78 is 0. The van der Waals surface area contributed by atoms with Crippen LogP contribution in [0, 0.1) is 0 Å². The number of para-hydroxylation sites is 2. The molecule has 4 rings (SSSR count). The van der Waals surface area contributed by atoms with E-state index in [9.17, 15) is 19.8 Å². The quantitative estimate of drug-likeness (QED) is 0.0857. The monoisotopic (exact) mass is 713 g/mol. The van der Waals surface area contributed by atoms with Gasteiger partial charge in [0.1, 0.15) is 21.5 Å². The van der Waals surface area contributed by atoms with Crippen LogP contribution in [-0.4, -0.2) is 44.7 Å². The van der Waals surface area contributed by atoms with E-state index in [1.54, 1.807) is 24.3 Å². The molecule has 0 aromatic heterocycles. The minimum absolute atomic E-state index is 0. The van der Waals surface area contributed by atoms with Crippen LogP contribution in [0.4, 0.5) is 0 Å². The molecule has 10 nitrogen and oxygen atoms in total. The predicted molar refractivity (Wildman–Crippen MR) is 165 cm³/mol. The topological polar surface area (TPSA) is 169 Å². The van der Waals surface area contributed by atoms with Crippen molar-refractivity contribution in [3.8, 4) is 23.0 Å². The third-order valence-corrected chi connectivity index (χ3v) is 6.24. The molecular formula is C28H22Cl4CuN4O6+4. The number of hydrazone groups is 2. The summed E-state index contributed by atoms with van der Waals surface area (Å²) in [5, 5.41) is 43.1. The number of aromatic hydroxyl groups is 2. The summed E-state index contributed by atoms with van der Waals surface area (Å²) in [7, 11) is 0. The van der Waals surface area contributed by atoms with Crippen molar-refractivity contribution in [2.24, 2.45) is 10.2 Å². The summed E-state index contributed by atoms with van der Waals surface area (Å²) in [6, 6.07) is 18.1. The molecule has 0 aliphatic carbocycles. The first-order chi connectivity index (χ1) is 20.0. The molecule has 4 aromatic carbocycles. The summed E-state index contributed by atoms with van der Waals surface area (Å²) in [5.74, 6) is -1.30. The van der Waals surface area contributed by atoms with Crippen molar-refractivity contribution in [2.45, 2.75) is 0 Å². The Kier molecular flexibility index (Phi) is 13.6. The molecule has 0 unspecified atom stereocenters. The Morgan fingerprint density at radius 3 is 1.35 bits per heavy atom. The van der Waals surface area contributed by atoms with Gasteiger partial charge in [0.2, 0.25) is 0 Å². The smallest absolute Gasteiger partial charge is 0.592 e. The average molecular weight is 716 g/mol. The summed E-state index contributed by atoms with van der Waals surface area (Å²) in [5.41, 5.74) is 5.45. The molecule has 0 saturated heterocycles. The molecule has 225 valence electrons. The van der Waals surface area contributed by atoms with Gasteiger partial charge < -0.3 is 20.4 Å². The third-order valence-electron chi connectivity index (χ3n) is 5.21. The van der Waals surface area contributed by atoms with Crippen molar-refractivity contribution in [1.29, 1.82) is 0 Å². The Balaban J connectivity index is 0.000000293. The van der Waals surface area contributed by atoms with Gasteiger partial charge in [-0.2, -0.15) is 10.2 Å². The van der Waals surface area contributed by atoms with Crippen molar-refractivity contribution in [1.82, 2.24) is 10.9 Å². The van der Waals surface area contributed by atoms with Crippen LogP contribution in [-0.2, 0) is 17.1 Å². The average Bonchev–Trinajstić information content (AvgIpc) is 2.94. The van der Waals surface area contributed by atoms with E-state index in [1.165, 1.54) is 61.0 Å². The number of nitrogens with zero attached hydrogens (tertiary/aromatic N) is 2. The molecule has 2 amide bonds. The van der Waals surface area contributed by atoms with Crippen molar-refractivity contribution < 1.29 is 47.1 Å². The Hall–Kier alpha value is -3.96. The summed E-state index contributed by atoms with van der Waals surface area (Å²) in [4.78, 5) is 23.6. The second kappa shape index (κ2) is 16.6. The number of benzene rings is 4. The van der Waals surface area contributed by atoms with Crippen molar-refractivity contribution in [3.05, 3.63) is 115 Å². The first kappa shape index (κ1) is 35.2. The molecular weight excluding hydrogens is 694 g/mol. The van der Waals surface area contributed by atoms with Crippen LogP contribution in [0.2, 0.25) is 20.1 Å². The second-order valence-corrected chi connectivity index (χ2v) is 9.82. The third kappa shape index (κ3) is 10.1. The number of rotatable bonds is 6. The molecule has 0 atom stereocenters. The zero-order valence-electron chi connectivity index (χ0n) is 21.5. The van der Waals surface area contributed by atoms with Crippen LogP contribution in [0.3, 0.4) is 0 Å². The molecule has 0 spiro atoms. The van der Waals surface area contributed by atoms with Crippen molar-refractivity contribution in [2.75, 3.05) is 0 Å². The Bertz CT molecular complexity index is 1560. The van der Waals surface area contributed by atoms with Gasteiger partial charge >= 0.3 is 17.1 Å². The van der Waals surface area contributed by atoms with Crippen LogP contribution in [0.25, 0.3) is 0 Å². The Morgan fingerprint density at radius 1 is 0.651 bits per heavy atom. The van der Waals surface area contributed by atoms with E-state index >= 15 is 0 Å². The normalized spacial score (nSPS) is 10.5. The van der Waals surface area contributed by atoms with Gasteiger partial charge in [-0.25, -0.2) is 10.9 Å². The van der Waals surface area contributed by atoms with E-state index in [4.69, 9.17) is 56.6 Å². The number of phenolic OH excluding ortho intramolecular Hbond substituents is 2. The molecule has 0 fully saturated rings. The van der Waals surface area contributed by atoms with E-state index in [1.807, 2.05) is 0 Å². The fourth-order valence-corrected chi connectivity index (χ4v) is 4.18. The van der Waals surface area contributed by atoms with Gasteiger partial charge in [-0.05, 0) is 48.5 Å². The molecule has 1 radical (unpaired) electrons. The fraction of sp³-hybridized carbons (Fsp3) is 0. The number of halogens is 4. The van der Waals surface area contributed by atoms with Gasteiger partial charge in [0.25, 0.3) is 23.3 Å². The van der Waals surface area contributed by atoms with E-state index in [2.05, 4.69) is 21.1 Å². The molecule has 0 heterocycles. The molecule has 0 saturated carbocycles. The van der Waals surface area contributed by atoms with E-state index in [0.29, 0.717) is 21.2 Å². The van der Waals surface area contributed by atoms with Crippen LogP contribution in [0.15, 0.2) is 83.0 Å². The van der Waals surface area contributed by atoms with E-state index < -0.39 is 11.8 Å². The van der Waals surface area contributed by atoms with Gasteiger partial charge in [-0.1, -0.05) is 70.7 Å². The molecule has 4 aromatic rings. The van der Waals surface area contributed by atoms with Crippen LogP contribution >= 0.6 is 46.4 Å². The van der Waals surface area contributed by atoms with Gasteiger partial charge in [-0.15, -0.1) is 0 Å². The number of hydrogen-bond acceptors (Lipinski definition) is 6. The van der Waals surface area contributed by atoms with Gasteiger partial charge in [0, 0.05) is 10.0 Å². The first-order valence-electron chi connectivity index (χ1n) is 11.6. The zero-order chi connectivity index (χ0) is 30.8. The zero-order valence-corrected chi connectivity index (χ0v) is 25.5. The number of phenols is 2. The largest absolute Gasteiger partial charge is 2.00 e. The predicted octanol–water partition coefficient (Wildman–Crippen LogP) is 5.80. The Morgan fingerprint density at radius 2 is 1.00 bits per heavy atom. The van der Waals surface area contributed by atoms with Gasteiger partial charge in [0.15, 0.2) is 0 Å². The minimum atomic E-state index is -0.566. The molecule has 15 heteroatoms. The van der Waals surface area contributed by atoms with Crippen molar-refractivity contribution in [3.63, 3.8) is 0 Å². The van der Waals surface area contributed by atoms with Crippen LogP contribution < -0.4 is 10.9 Å². The SMILES string of the molecule is O=C(NN=Cc1cc(Cl)cc(Cl)c1[OH2+])c1ccccc1O.O=C(NN=Cc1cc(Cl)cc(Cl)c1[OH2+])c1ccccc1O.[Cu+2]. The van der Waals surface area contributed by atoms with Gasteiger partial charge in [0.05, 0.1) is 34.7 Å². The summed E-state index contributed by atoms with van der Waals surface area (Å²) in [6.07, 6.45) is 2.52. The fourth-order valence-electron chi connectivity index (χ4n) is 3.16. The standard InChI is InChI=1S/2C14H10Cl2N2O3.Cu/c2*15-9-5-8(13(20)11(16)6-9)7-17-18-14(21)10-3-1-2-4-12(10)19;/h2*1-7,19-20H,(H,18,21);/q;;+2/p+2. The van der Waals surface area contributed by atoms with E-state index in [-0.39, 0.29) is 61.2 Å². The van der Waals surface area contributed by atoms with E-state index in [0.717, 1.165) is 0 Å². The van der Waals surface area contributed by atoms with Gasteiger partial charge in [-0.3, -0.25) is 9.59 Å². The maximum Gasteiger partial charge on any atom is 2.00 e. The molecule has 8 N–H and O–H groups in total. The molecule has 0 aliphatic rings. The van der Waals surface area contributed by atoms with Crippen molar-refractivity contribution >= 4 is 70.6 Å². The number of carbonyl (C=O) groups is 2. The first-order valence-corrected chi connectivity index (χ1v) is 13.1. The summed E-state index contributed by atoms with van der Waals surface area (Å²) >= 11 is 23.3. The molecule has 0 bridgehead atoms. The number of amides is 2. The number of hydrogen-bond donors (Lipinski definition) is 4. The second-order valence-electron chi connectivity index (χ2n) is 8.14. The van der Waals surface area contributed by atoms with Crippen LogP contribution in [0.1, 0.15) is 31.8 Å². The number of nitrogens with one attached hydrogen (secondary N) is 2. The minimum Gasteiger partial charge on any atom is -0.592 e. The van der Waals surface area contributed by atoms with Crippen LogP contribution in [0.5, 0.6) is 23.0 Å². The maximum atomic E-state index is 11.8.